The first-order valence-electron chi connectivity index (χ1n) is 9.22. The molecule has 0 spiro atoms. The molecule has 0 bridgehead atoms. The van der Waals surface area contributed by atoms with Crippen molar-refractivity contribution < 1.29 is 9.53 Å². The number of rotatable bonds is 5. The van der Waals surface area contributed by atoms with Crippen LogP contribution in [0.1, 0.15) is 0 Å². The van der Waals surface area contributed by atoms with Crippen LogP contribution in [-0.4, -0.2) is 53.4 Å². The van der Waals surface area contributed by atoms with Crippen molar-refractivity contribution in [1.29, 1.82) is 0 Å². The lowest BCUT2D eigenvalue weighted by Crippen LogP contribution is -2.50. The summed E-state index contributed by atoms with van der Waals surface area (Å²) in [7, 11) is 0. The van der Waals surface area contributed by atoms with E-state index < -0.39 is 0 Å². The molecule has 2 heterocycles. The topological polar surface area (TPSA) is 50.6 Å². The van der Waals surface area contributed by atoms with E-state index in [0.717, 1.165) is 18.8 Å². The van der Waals surface area contributed by atoms with Gasteiger partial charge in [-0.15, -0.1) is 5.10 Å². The standard InChI is InChI=1S/C21H21ClN4O2/c22-19-15-26(18-9-5-2-6-10-18)23-21(19)28-16-20(27)25-13-11-24(12-14-25)17-7-3-1-4-8-17/h1-10,15H,11-14,16H2. The summed E-state index contributed by atoms with van der Waals surface area (Å²) in [6.45, 7) is 2.88. The predicted octanol–water partition coefficient (Wildman–Crippen LogP) is 3.25. The van der Waals surface area contributed by atoms with Gasteiger partial charge in [-0.3, -0.25) is 4.79 Å². The molecule has 2 aromatic carbocycles. The summed E-state index contributed by atoms with van der Waals surface area (Å²) in [5.74, 6) is 0.208. The molecule has 1 saturated heterocycles. The lowest BCUT2D eigenvalue weighted by atomic mass is 10.2. The van der Waals surface area contributed by atoms with Crippen LogP contribution < -0.4 is 9.64 Å². The molecule has 1 fully saturated rings. The number of amides is 1. The van der Waals surface area contributed by atoms with Crippen LogP contribution in [0.2, 0.25) is 5.02 Å². The van der Waals surface area contributed by atoms with Gasteiger partial charge in [0.05, 0.1) is 11.9 Å². The third-order valence-corrected chi connectivity index (χ3v) is 5.00. The van der Waals surface area contributed by atoms with Gasteiger partial charge in [0.15, 0.2) is 6.61 Å². The zero-order valence-corrected chi connectivity index (χ0v) is 16.1. The summed E-state index contributed by atoms with van der Waals surface area (Å²) in [6, 6.07) is 19.9. The molecule has 0 aliphatic carbocycles. The van der Waals surface area contributed by atoms with Gasteiger partial charge in [0.2, 0.25) is 0 Å². The van der Waals surface area contributed by atoms with E-state index in [4.69, 9.17) is 16.3 Å². The third kappa shape index (κ3) is 4.12. The Balaban J connectivity index is 1.31. The average molecular weight is 397 g/mol. The number of halogens is 1. The van der Waals surface area contributed by atoms with Gasteiger partial charge in [0.25, 0.3) is 11.8 Å². The molecular weight excluding hydrogens is 376 g/mol. The minimum absolute atomic E-state index is 0.0574. The molecule has 7 heteroatoms. The number of nitrogens with zero attached hydrogens (tertiary/aromatic N) is 4. The molecule has 1 aliphatic rings. The van der Waals surface area contributed by atoms with Crippen LogP contribution in [0.25, 0.3) is 5.69 Å². The Hall–Kier alpha value is -2.99. The highest BCUT2D eigenvalue weighted by atomic mass is 35.5. The normalized spacial score (nSPS) is 14.2. The summed E-state index contributed by atoms with van der Waals surface area (Å²) in [4.78, 5) is 16.6. The Kier molecular flexibility index (Phi) is 5.48. The average Bonchev–Trinajstić information content (AvgIpc) is 3.14. The molecule has 144 valence electrons. The molecule has 0 N–H and O–H groups in total. The predicted molar refractivity (Wildman–Crippen MR) is 109 cm³/mol. The van der Waals surface area contributed by atoms with Crippen molar-refractivity contribution in [2.45, 2.75) is 0 Å². The van der Waals surface area contributed by atoms with Gasteiger partial charge in [-0.2, -0.15) is 0 Å². The van der Waals surface area contributed by atoms with Crippen molar-refractivity contribution in [3.8, 4) is 11.6 Å². The molecule has 1 amide bonds. The highest BCUT2D eigenvalue weighted by Crippen LogP contribution is 2.24. The van der Waals surface area contributed by atoms with Crippen LogP contribution in [0.3, 0.4) is 0 Å². The van der Waals surface area contributed by atoms with Gasteiger partial charge in [-0.1, -0.05) is 48.0 Å². The van der Waals surface area contributed by atoms with Gasteiger partial charge in [-0.25, -0.2) is 4.68 Å². The van der Waals surface area contributed by atoms with Crippen molar-refractivity contribution in [3.05, 3.63) is 71.9 Å². The highest BCUT2D eigenvalue weighted by molar-refractivity contribution is 6.31. The van der Waals surface area contributed by atoms with Crippen LogP contribution in [0.15, 0.2) is 66.9 Å². The maximum atomic E-state index is 12.5. The van der Waals surface area contributed by atoms with Crippen molar-refractivity contribution in [3.63, 3.8) is 0 Å². The van der Waals surface area contributed by atoms with E-state index in [-0.39, 0.29) is 18.4 Å². The van der Waals surface area contributed by atoms with Gasteiger partial charge in [0.1, 0.15) is 5.02 Å². The van der Waals surface area contributed by atoms with Crippen LogP contribution in [0, 0.1) is 0 Å². The van der Waals surface area contributed by atoms with Crippen molar-refractivity contribution in [2.24, 2.45) is 0 Å². The van der Waals surface area contributed by atoms with Crippen LogP contribution in [0.5, 0.6) is 5.88 Å². The zero-order valence-electron chi connectivity index (χ0n) is 15.4. The Morgan fingerprint density at radius 1 is 0.929 bits per heavy atom. The van der Waals surface area contributed by atoms with E-state index in [2.05, 4.69) is 22.1 Å². The zero-order chi connectivity index (χ0) is 19.3. The van der Waals surface area contributed by atoms with Crippen LogP contribution in [-0.2, 0) is 4.79 Å². The van der Waals surface area contributed by atoms with E-state index >= 15 is 0 Å². The minimum Gasteiger partial charge on any atom is -0.465 e. The molecule has 1 aromatic heterocycles. The Labute approximate surface area is 168 Å². The Morgan fingerprint density at radius 2 is 1.54 bits per heavy atom. The summed E-state index contributed by atoms with van der Waals surface area (Å²) in [6.07, 6.45) is 1.68. The first-order valence-corrected chi connectivity index (χ1v) is 9.60. The number of ether oxygens (including phenoxy) is 1. The smallest absolute Gasteiger partial charge is 0.260 e. The van der Waals surface area contributed by atoms with Crippen molar-refractivity contribution in [1.82, 2.24) is 14.7 Å². The molecular formula is C21H21ClN4O2. The Morgan fingerprint density at radius 3 is 2.18 bits per heavy atom. The maximum absolute atomic E-state index is 12.5. The summed E-state index contributed by atoms with van der Waals surface area (Å²) in [5.41, 5.74) is 2.06. The summed E-state index contributed by atoms with van der Waals surface area (Å²) >= 11 is 6.21. The van der Waals surface area contributed by atoms with E-state index in [1.165, 1.54) is 5.69 Å². The van der Waals surface area contributed by atoms with Gasteiger partial charge >= 0.3 is 0 Å². The Bertz CT molecular complexity index is 922. The van der Waals surface area contributed by atoms with Crippen LogP contribution >= 0.6 is 11.6 Å². The monoisotopic (exact) mass is 396 g/mol. The number of carbonyl (C=O) groups is 1. The van der Waals surface area contributed by atoms with Crippen molar-refractivity contribution >= 4 is 23.2 Å². The SMILES string of the molecule is O=C(COc1nn(-c2ccccc2)cc1Cl)N1CCN(c2ccccc2)CC1. The third-order valence-electron chi connectivity index (χ3n) is 4.75. The maximum Gasteiger partial charge on any atom is 0.260 e. The molecule has 4 rings (SSSR count). The number of aromatic nitrogens is 2. The first kappa shape index (κ1) is 18.4. The molecule has 28 heavy (non-hydrogen) atoms. The second-order valence-electron chi connectivity index (χ2n) is 6.55. The van der Waals surface area contributed by atoms with E-state index in [0.29, 0.717) is 18.1 Å². The first-order chi connectivity index (χ1) is 13.7. The quantitative estimate of drug-likeness (QED) is 0.664. The summed E-state index contributed by atoms with van der Waals surface area (Å²) in [5, 5.41) is 4.71. The fraction of sp³-hybridized carbons (Fsp3) is 0.238. The molecule has 3 aromatic rings. The molecule has 0 atom stereocenters. The molecule has 0 saturated carbocycles. The second kappa shape index (κ2) is 8.35. The number of hydrogen-bond acceptors (Lipinski definition) is 4. The van der Waals surface area contributed by atoms with Gasteiger partial charge in [0, 0.05) is 31.9 Å². The molecule has 1 aliphatic heterocycles. The number of hydrogen-bond donors (Lipinski definition) is 0. The largest absolute Gasteiger partial charge is 0.465 e. The van der Waals surface area contributed by atoms with Crippen LogP contribution in [0.4, 0.5) is 5.69 Å². The molecule has 0 radical (unpaired) electrons. The van der Waals surface area contributed by atoms with E-state index in [9.17, 15) is 4.79 Å². The van der Waals surface area contributed by atoms with E-state index in [1.807, 2.05) is 53.4 Å². The molecule has 0 unspecified atom stereocenters. The molecule has 6 nitrogen and oxygen atoms in total. The fourth-order valence-corrected chi connectivity index (χ4v) is 3.41. The number of carbonyl (C=O) groups excluding carboxylic acids is 1. The second-order valence-corrected chi connectivity index (χ2v) is 6.96. The van der Waals surface area contributed by atoms with Gasteiger partial charge in [-0.05, 0) is 24.3 Å². The highest BCUT2D eigenvalue weighted by Gasteiger charge is 2.22. The fourth-order valence-electron chi connectivity index (χ4n) is 3.22. The summed E-state index contributed by atoms with van der Waals surface area (Å²) < 4.78 is 7.24. The van der Waals surface area contributed by atoms with Crippen molar-refractivity contribution in [2.75, 3.05) is 37.7 Å². The number of para-hydroxylation sites is 2. The number of piperazine rings is 1. The van der Waals surface area contributed by atoms with E-state index in [1.54, 1.807) is 10.9 Å². The number of anilines is 1. The number of benzene rings is 2. The van der Waals surface area contributed by atoms with Gasteiger partial charge < -0.3 is 14.5 Å². The minimum atomic E-state index is -0.0726. The lowest BCUT2D eigenvalue weighted by molar-refractivity contribution is -0.133. The lowest BCUT2D eigenvalue weighted by Gasteiger charge is -2.36.